The van der Waals surface area contributed by atoms with Gasteiger partial charge in [-0.15, -0.1) is 0 Å². The lowest BCUT2D eigenvalue weighted by atomic mass is 9.43. The van der Waals surface area contributed by atoms with Gasteiger partial charge in [-0.3, -0.25) is 4.79 Å². The van der Waals surface area contributed by atoms with Crippen LogP contribution in [0.5, 0.6) is 0 Å². The van der Waals surface area contributed by atoms with E-state index >= 15 is 0 Å². The minimum absolute atomic E-state index is 0.294. The smallest absolute Gasteiger partial charge is 0.147 e. The summed E-state index contributed by atoms with van der Waals surface area (Å²) in [6.45, 7) is 10.1. The van der Waals surface area contributed by atoms with E-state index in [4.69, 9.17) is 0 Å². The number of hydrogen-bond acceptors (Lipinski definition) is 1. The van der Waals surface area contributed by atoms with E-state index in [0.717, 1.165) is 41.9 Å². The second-order valence-corrected chi connectivity index (χ2v) is 11.4. The Hall–Kier alpha value is 0.150. The van der Waals surface area contributed by atoms with E-state index in [1.54, 1.807) is 0 Å². The summed E-state index contributed by atoms with van der Waals surface area (Å²) in [6, 6.07) is 0. The highest BCUT2D eigenvalue weighted by atomic mass is 79.9. The lowest BCUT2D eigenvalue weighted by molar-refractivity contribution is -0.138. The highest BCUT2D eigenvalue weighted by Crippen LogP contribution is 2.68. The molecule has 0 spiro atoms. The molecule has 4 saturated carbocycles. The van der Waals surface area contributed by atoms with Crippen LogP contribution in [0.4, 0.5) is 0 Å². The molecule has 25 heavy (non-hydrogen) atoms. The number of rotatable bonds is 2. The summed E-state index contributed by atoms with van der Waals surface area (Å²) in [5.41, 5.74) is 0.872. The standard InChI is InChI=1S/C23H37BrO/c1-14-11-16-5-6-17-18-7-8-20(21(25)13-24)22(18,3)10-9-19(17)23(16,4)12-15(14)2/h14-20H,5-13H2,1-4H3/t14-,15-,16-,17-,18-,19-,20+,22-,23-/m0/s1. The average Bonchev–Trinajstić information content (AvgIpc) is 2.93. The number of ketones is 1. The van der Waals surface area contributed by atoms with Gasteiger partial charge in [-0.05, 0) is 97.7 Å². The number of carbonyl (C=O) groups excluding carboxylic acids is 1. The van der Waals surface area contributed by atoms with Crippen LogP contribution in [-0.4, -0.2) is 11.1 Å². The molecule has 142 valence electrons. The number of alkyl halides is 1. The summed E-state index contributed by atoms with van der Waals surface area (Å²) < 4.78 is 0. The number of fused-ring (bicyclic) bond motifs is 5. The second-order valence-electron chi connectivity index (χ2n) is 10.8. The summed E-state index contributed by atoms with van der Waals surface area (Å²) in [6.07, 6.45) is 11.0. The molecule has 0 bridgehead atoms. The Kier molecular flexibility index (Phi) is 4.70. The van der Waals surface area contributed by atoms with Gasteiger partial charge in [0, 0.05) is 5.92 Å². The number of Topliss-reactive ketones (excluding diaryl/α,β-unsaturated/α-hetero) is 1. The first-order valence-corrected chi connectivity index (χ1v) is 12.0. The van der Waals surface area contributed by atoms with Crippen LogP contribution in [0.15, 0.2) is 0 Å². The quantitative estimate of drug-likeness (QED) is 0.476. The predicted octanol–water partition coefficient (Wildman–Crippen LogP) is 6.49. The maximum Gasteiger partial charge on any atom is 0.147 e. The SMILES string of the molecule is C[C@H]1C[C@@H]2CC[C@@H]3[C@H](CC[C@]4(C)[C@@H](C(=O)CBr)CC[C@@H]34)[C@@]2(C)C[C@@H]1C. The van der Waals surface area contributed by atoms with Gasteiger partial charge in [0.15, 0.2) is 0 Å². The van der Waals surface area contributed by atoms with Gasteiger partial charge in [-0.2, -0.15) is 0 Å². The first-order valence-electron chi connectivity index (χ1n) is 10.9. The molecule has 0 heterocycles. The molecule has 0 aromatic heterocycles. The molecule has 2 heteroatoms. The van der Waals surface area contributed by atoms with E-state index < -0.39 is 0 Å². The number of hydrogen-bond donors (Lipinski definition) is 0. The summed E-state index contributed by atoms with van der Waals surface area (Å²) in [5.74, 6) is 6.20. The van der Waals surface area contributed by atoms with Gasteiger partial charge in [-0.25, -0.2) is 0 Å². The van der Waals surface area contributed by atoms with Crippen molar-refractivity contribution in [2.45, 2.75) is 79.1 Å². The van der Waals surface area contributed by atoms with Crippen molar-refractivity contribution in [3.05, 3.63) is 0 Å². The Morgan fingerprint density at radius 1 is 0.960 bits per heavy atom. The largest absolute Gasteiger partial charge is 0.298 e. The van der Waals surface area contributed by atoms with Crippen molar-refractivity contribution in [3.63, 3.8) is 0 Å². The van der Waals surface area contributed by atoms with Crippen LogP contribution < -0.4 is 0 Å². The lowest BCUT2D eigenvalue weighted by Crippen LogP contribution is -2.54. The van der Waals surface area contributed by atoms with Crippen molar-refractivity contribution in [3.8, 4) is 0 Å². The maximum absolute atomic E-state index is 12.6. The van der Waals surface area contributed by atoms with Crippen molar-refractivity contribution >= 4 is 21.7 Å². The Morgan fingerprint density at radius 3 is 2.40 bits per heavy atom. The molecule has 1 nitrogen and oxygen atoms in total. The molecule has 0 saturated heterocycles. The highest BCUT2D eigenvalue weighted by Gasteiger charge is 2.61. The Bertz CT molecular complexity index is 544. The fourth-order valence-electron chi connectivity index (χ4n) is 8.44. The van der Waals surface area contributed by atoms with Crippen molar-refractivity contribution in [1.82, 2.24) is 0 Å². The van der Waals surface area contributed by atoms with Crippen molar-refractivity contribution < 1.29 is 4.79 Å². The summed E-state index contributed by atoms with van der Waals surface area (Å²) in [7, 11) is 0. The summed E-state index contributed by atoms with van der Waals surface area (Å²) in [4.78, 5) is 12.6. The van der Waals surface area contributed by atoms with Gasteiger partial charge < -0.3 is 0 Å². The summed E-state index contributed by atoms with van der Waals surface area (Å²) >= 11 is 3.45. The van der Waals surface area contributed by atoms with Crippen LogP contribution in [0.25, 0.3) is 0 Å². The summed E-state index contributed by atoms with van der Waals surface area (Å²) in [5, 5.41) is 0.559. The molecule has 4 aliphatic rings. The first-order chi connectivity index (χ1) is 11.8. The molecule has 0 aromatic carbocycles. The second kappa shape index (κ2) is 6.35. The van der Waals surface area contributed by atoms with Gasteiger partial charge in [0.05, 0.1) is 5.33 Å². The van der Waals surface area contributed by atoms with E-state index in [0.29, 0.717) is 27.9 Å². The average molecular weight is 409 g/mol. The molecule has 4 aliphatic carbocycles. The van der Waals surface area contributed by atoms with E-state index in [1.807, 2.05) is 0 Å². The zero-order valence-electron chi connectivity index (χ0n) is 16.7. The molecule has 0 radical (unpaired) electrons. The zero-order chi connectivity index (χ0) is 18.0. The molecular weight excluding hydrogens is 372 g/mol. The zero-order valence-corrected chi connectivity index (χ0v) is 18.3. The van der Waals surface area contributed by atoms with E-state index in [1.165, 1.54) is 44.9 Å². The van der Waals surface area contributed by atoms with Crippen LogP contribution in [0.2, 0.25) is 0 Å². The maximum atomic E-state index is 12.6. The monoisotopic (exact) mass is 408 g/mol. The number of carbonyl (C=O) groups is 1. The third-order valence-electron chi connectivity index (χ3n) is 9.98. The molecule has 0 aliphatic heterocycles. The van der Waals surface area contributed by atoms with Crippen molar-refractivity contribution in [2.75, 3.05) is 5.33 Å². The van der Waals surface area contributed by atoms with Gasteiger partial charge >= 0.3 is 0 Å². The molecule has 0 aromatic rings. The molecule has 0 unspecified atom stereocenters. The molecule has 9 atom stereocenters. The van der Waals surface area contributed by atoms with Crippen LogP contribution >= 0.6 is 15.9 Å². The van der Waals surface area contributed by atoms with Crippen LogP contribution in [0.1, 0.15) is 79.1 Å². The van der Waals surface area contributed by atoms with Crippen LogP contribution in [-0.2, 0) is 4.79 Å². The minimum atomic E-state index is 0.294. The lowest BCUT2D eigenvalue weighted by Gasteiger charge is -2.62. The third-order valence-corrected chi connectivity index (χ3v) is 10.5. The fraction of sp³-hybridized carbons (Fsp3) is 0.957. The molecule has 0 amide bonds. The van der Waals surface area contributed by atoms with Crippen LogP contribution in [0, 0.1) is 52.3 Å². The molecule has 4 rings (SSSR count). The van der Waals surface area contributed by atoms with E-state index in [-0.39, 0.29) is 0 Å². The van der Waals surface area contributed by atoms with E-state index in [9.17, 15) is 4.79 Å². The molecular formula is C23H37BrO. The Labute approximate surface area is 163 Å². The van der Waals surface area contributed by atoms with Gasteiger partial charge in [0.2, 0.25) is 0 Å². The Balaban J connectivity index is 1.61. The number of halogens is 1. The van der Waals surface area contributed by atoms with Crippen LogP contribution in [0.3, 0.4) is 0 Å². The Morgan fingerprint density at radius 2 is 1.68 bits per heavy atom. The molecule has 4 fully saturated rings. The first kappa shape index (κ1) is 18.5. The van der Waals surface area contributed by atoms with Gasteiger partial charge in [-0.1, -0.05) is 43.6 Å². The molecule has 0 N–H and O–H groups in total. The fourth-order valence-corrected chi connectivity index (χ4v) is 8.83. The normalized spacial score (nSPS) is 55.2. The van der Waals surface area contributed by atoms with Gasteiger partial charge in [0.1, 0.15) is 5.78 Å². The third kappa shape index (κ3) is 2.63. The van der Waals surface area contributed by atoms with Crippen molar-refractivity contribution in [2.24, 2.45) is 52.3 Å². The van der Waals surface area contributed by atoms with Crippen molar-refractivity contribution in [1.29, 1.82) is 0 Å². The minimum Gasteiger partial charge on any atom is -0.298 e. The topological polar surface area (TPSA) is 17.1 Å². The highest BCUT2D eigenvalue weighted by molar-refractivity contribution is 9.09. The van der Waals surface area contributed by atoms with Gasteiger partial charge in [0.25, 0.3) is 0 Å². The van der Waals surface area contributed by atoms with E-state index in [2.05, 4.69) is 43.6 Å². The predicted molar refractivity (Wildman–Crippen MR) is 108 cm³/mol.